The molecule has 24 heavy (non-hydrogen) atoms. The monoisotopic (exact) mass is 400 g/mol. The Kier molecular flexibility index (Phi) is 5.74. The van der Waals surface area contributed by atoms with Gasteiger partial charge in [-0.25, -0.2) is 13.2 Å². The van der Waals surface area contributed by atoms with Gasteiger partial charge in [0.05, 0.1) is 0 Å². The van der Waals surface area contributed by atoms with Gasteiger partial charge in [-0.3, -0.25) is 0 Å². The van der Waals surface area contributed by atoms with E-state index in [1.165, 1.54) is 0 Å². The molecule has 0 radical (unpaired) electrons. The minimum absolute atomic E-state index is 2.20. The Balaban J connectivity index is 6.46. The lowest BCUT2D eigenvalue weighted by Crippen LogP contribution is -2.72. The molecular formula is C8H3F15O. The molecule has 0 aliphatic heterocycles. The van der Waals surface area contributed by atoms with Crippen molar-refractivity contribution < 1.29 is 70.6 Å². The average Bonchev–Trinajstić information content (AvgIpc) is 2.29. The van der Waals surface area contributed by atoms with E-state index >= 15 is 0 Å². The van der Waals surface area contributed by atoms with Crippen molar-refractivity contribution >= 4 is 0 Å². The third-order valence-electron chi connectivity index (χ3n) is 2.31. The van der Waals surface area contributed by atoms with Crippen LogP contribution in [0.15, 0.2) is 0 Å². The summed E-state index contributed by atoms with van der Waals surface area (Å²) in [5.74, 6) is -7.16. The Labute approximate surface area is 121 Å². The summed E-state index contributed by atoms with van der Waals surface area (Å²) in [6, 6.07) is 0. The first-order valence-electron chi connectivity index (χ1n) is 5.04. The maximum atomic E-state index is 13.6. The van der Waals surface area contributed by atoms with Gasteiger partial charge in [-0.15, -0.1) is 0 Å². The minimum Gasteiger partial charge on any atom is -0.331 e. The van der Waals surface area contributed by atoms with Gasteiger partial charge in [0.2, 0.25) is 0 Å². The lowest BCUT2D eigenvalue weighted by atomic mass is 9.90. The van der Waals surface area contributed by atoms with E-state index in [9.17, 15) is 65.9 Å². The second kappa shape index (κ2) is 6.01. The Hall–Kier alpha value is -1.09. The number of rotatable bonds is 4. The number of alkyl halides is 15. The Morgan fingerprint density at radius 3 is 1.17 bits per heavy atom. The molecule has 2 atom stereocenters. The molecule has 0 amide bonds. The van der Waals surface area contributed by atoms with Gasteiger partial charge in [-0.05, 0) is 0 Å². The summed E-state index contributed by atoms with van der Waals surface area (Å²) in [5.41, 5.74) is -7.76. The van der Waals surface area contributed by atoms with Crippen LogP contribution in [0.4, 0.5) is 65.9 Å². The molecule has 0 aromatic heterocycles. The fourth-order valence-electron chi connectivity index (χ4n) is 1.29. The van der Waals surface area contributed by atoms with Crippen LogP contribution in [0.1, 0.15) is 0 Å². The number of halogens is 15. The summed E-state index contributed by atoms with van der Waals surface area (Å²) in [6.07, 6.45) is -34.3. The highest BCUT2D eigenvalue weighted by Crippen LogP contribution is 2.58. The van der Waals surface area contributed by atoms with Crippen molar-refractivity contribution in [2.24, 2.45) is 0 Å². The topological polar surface area (TPSA) is 9.23 Å². The largest absolute Gasteiger partial charge is 0.437 e. The van der Waals surface area contributed by atoms with Crippen molar-refractivity contribution in [2.45, 2.75) is 42.4 Å². The van der Waals surface area contributed by atoms with Crippen molar-refractivity contribution in [3.63, 3.8) is 0 Å². The summed E-state index contributed by atoms with van der Waals surface area (Å²) in [6.45, 7) is -3.57. The molecule has 0 rings (SSSR count). The van der Waals surface area contributed by atoms with E-state index in [0.717, 1.165) is 0 Å². The van der Waals surface area contributed by atoms with Gasteiger partial charge in [0.25, 0.3) is 6.17 Å². The molecule has 1 nitrogen and oxygen atoms in total. The highest BCUT2D eigenvalue weighted by atomic mass is 19.4. The lowest BCUT2D eigenvalue weighted by Gasteiger charge is -2.42. The maximum Gasteiger partial charge on any atom is 0.437 e. The number of hydrogen-bond donors (Lipinski definition) is 0. The van der Waals surface area contributed by atoms with Crippen molar-refractivity contribution in [3.8, 4) is 0 Å². The molecule has 0 aromatic rings. The molecule has 2 unspecified atom stereocenters. The van der Waals surface area contributed by atoms with Crippen molar-refractivity contribution in [1.29, 1.82) is 0 Å². The summed E-state index contributed by atoms with van der Waals surface area (Å²) in [5, 5.41) is 0. The zero-order valence-electron chi connectivity index (χ0n) is 10.4. The standard InChI is InChI=1S/C8H3F15O/c9-2(5(14,15)16)4(13,24-1-3(10,11)12)6(17,7(18,19)20)8(21,22)23/h2H,1H2. The molecule has 0 aliphatic rings. The molecule has 0 aliphatic carbocycles. The molecule has 0 fully saturated rings. The fourth-order valence-corrected chi connectivity index (χ4v) is 1.29. The molecule has 0 spiro atoms. The van der Waals surface area contributed by atoms with E-state index in [1.54, 1.807) is 0 Å². The summed E-state index contributed by atoms with van der Waals surface area (Å²) < 4.78 is 187. The van der Waals surface area contributed by atoms with E-state index < -0.39 is 49.0 Å². The van der Waals surface area contributed by atoms with Crippen LogP contribution < -0.4 is 0 Å². The van der Waals surface area contributed by atoms with Crippen molar-refractivity contribution in [3.05, 3.63) is 0 Å². The average molecular weight is 400 g/mol. The predicted octanol–water partition coefficient (Wildman–Crippen LogP) is 4.96. The van der Waals surface area contributed by atoms with Crippen LogP contribution in [0.2, 0.25) is 0 Å². The van der Waals surface area contributed by atoms with Gasteiger partial charge in [0.1, 0.15) is 6.61 Å². The van der Waals surface area contributed by atoms with Crippen LogP contribution in [-0.2, 0) is 4.74 Å². The van der Waals surface area contributed by atoms with Crippen LogP contribution in [0.5, 0.6) is 0 Å². The van der Waals surface area contributed by atoms with Gasteiger partial charge in [0.15, 0.2) is 0 Å². The summed E-state index contributed by atoms with van der Waals surface area (Å²) >= 11 is 0. The third kappa shape index (κ3) is 4.11. The fraction of sp³-hybridized carbons (Fsp3) is 1.00. The van der Waals surface area contributed by atoms with E-state index in [-0.39, 0.29) is 0 Å². The van der Waals surface area contributed by atoms with Gasteiger partial charge in [-0.2, -0.15) is 52.7 Å². The number of hydrogen-bond acceptors (Lipinski definition) is 1. The summed E-state index contributed by atoms with van der Waals surface area (Å²) in [7, 11) is 0. The molecule has 0 saturated carbocycles. The van der Waals surface area contributed by atoms with Crippen molar-refractivity contribution in [2.75, 3.05) is 6.61 Å². The first kappa shape index (κ1) is 22.9. The molecule has 0 aromatic carbocycles. The predicted molar refractivity (Wildman–Crippen MR) is 42.7 cm³/mol. The minimum atomic E-state index is -7.76. The first-order chi connectivity index (χ1) is 10.1. The van der Waals surface area contributed by atoms with Gasteiger partial charge in [-0.1, -0.05) is 0 Å². The maximum absolute atomic E-state index is 13.6. The number of ether oxygens (including phenoxy) is 1. The lowest BCUT2D eigenvalue weighted by molar-refractivity contribution is -0.446. The molecule has 0 heterocycles. The van der Waals surface area contributed by atoms with Crippen LogP contribution >= 0.6 is 0 Å². The van der Waals surface area contributed by atoms with E-state index in [2.05, 4.69) is 4.74 Å². The quantitative estimate of drug-likeness (QED) is 0.606. The Morgan fingerprint density at radius 1 is 0.625 bits per heavy atom. The Morgan fingerprint density at radius 2 is 0.958 bits per heavy atom. The van der Waals surface area contributed by atoms with E-state index in [1.807, 2.05) is 0 Å². The molecule has 146 valence electrons. The van der Waals surface area contributed by atoms with E-state index in [0.29, 0.717) is 0 Å². The smallest absolute Gasteiger partial charge is 0.331 e. The zero-order valence-corrected chi connectivity index (χ0v) is 10.4. The van der Waals surface area contributed by atoms with Gasteiger partial charge >= 0.3 is 36.2 Å². The highest BCUT2D eigenvalue weighted by molar-refractivity contribution is 5.10. The zero-order chi connectivity index (χ0) is 20.0. The molecule has 0 saturated heterocycles. The second-order valence-electron chi connectivity index (χ2n) is 4.11. The Bertz CT molecular complexity index is 413. The highest BCUT2D eigenvalue weighted by Gasteiger charge is 2.88. The van der Waals surface area contributed by atoms with Crippen LogP contribution in [-0.4, -0.2) is 49.0 Å². The normalized spacial score (nSPS) is 19.1. The SMILES string of the molecule is FC(C(F)(F)F)C(F)(OCC(F)(F)F)C(F)(C(F)(F)F)C(F)(F)F. The first-order valence-corrected chi connectivity index (χ1v) is 5.04. The molecule has 16 heteroatoms. The van der Waals surface area contributed by atoms with Gasteiger partial charge in [0, 0.05) is 0 Å². The van der Waals surface area contributed by atoms with Crippen LogP contribution in [0, 0.1) is 0 Å². The molecular weight excluding hydrogens is 397 g/mol. The van der Waals surface area contributed by atoms with Gasteiger partial charge < -0.3 is 4.74 Å². The third-order valence-corrected chi connectivity index (χ3v) is 2.31. The van der Waals surface area contributed by atoms with Crippen LogP contribution in [0.25, 0.3) is 0 Å². The second-order valence-corrected chi connectivity index (χ2v) is 4.11. The molecule has 0 bridgehead atoms. The summed E-state index contributed by atoms with van der Waals surface area (Å²) in [4.78, 5) is 0. The van der Waals surface area contributed by atoms with Crippen LogP contribution in [0.3, 0.4) is 0 Å². The molecule has 0 N–H and O–H groups in total. The van der Waals surface area contributed by atoms with E-state index in [4.69, 9.17) is 0 Å². The van der Waals surface area contributed by atoms with Crippen molar-refractivity contribution in [1.82, 2.24) is 0 Å².